The Balaban J connectivity index is 2.34. The Labute approximate surface area is 110 Å². The van der Waals surface area contributed by atoms with Crippen LogP contribution in [0.1, 0.15) is 28.8 Å². The molecule has 7 heteroatoms. The van der Waals surface area contributed by atoms with E-state index in [1.165, 1.54) is 6.07 Å². The predicted molar refractivity (Wildman–Crippen MR) is 67.1 cm³/mol. The zero-order valence-corrected chi connectivity index (χ0v) is 11.0. The van der Waals surface area contributed by atoms with Crippen molar-refractivity contribution in [2.45, 2.75) is 20.4 Å². The van der Waals surface area contributed by atoms with E-state index in [9.17, 15) is 9.59 Å². The standard InChI is InChI=1S/C12H18N2O5/c1-3-18-5-4-13-12(17)14-7-9-6-10(11(15)16)8(2)19-9/h6H,3-5,7H2,1-2H3,(H,15,16)(H2,13,14,17). The smallest absolute Gasteiger partial charge is 0.339 e. The van der Waals surface area contributed by atoms with E-state index in [4.69, 9.17) is 14.3 Å². The molecule has 2 amide bonds. The molecule has 0 saturated carbocycles. The molecule has 0 saturated heterocycles. The highest BCUT2D eigenvalue weighted by atomic mass is 16.5. The van der Waals surface area contributed by atoms with Crippen LogP contribution in [-0.2, 0) is 11.3 Å². The molecule has 19 heavy (non-hydrogen) atoms. The van der Waals surface area contributed by atoms with E-state index in [-0.39, 0.29) is 18.1 Å². The van der Waals surface area contributed by atoms with Gasteiger partial charge < -0.3 is 24.9 Å². The van der Waals surface area contributed by atoms with E-state index in [1.807, 2.05) is 6.92 Å². The topological polar surface area (TPSA) is 101 Å². The first-order valence-corrected chi connectivity index (χ1v) is 5.96. The summed E-state index contributed by atoms with van der Waals surface area (Å²) in [5.41, 5.74) is 0.105. The first kappa shape index (κ1) is 15.0. The quantitative estimate of drug-likeness (QED) is 0.645. The number of furan rings is 1. The number of carboxylic acids is 1. The number of nitrogens with one attached hydrogen (secondary N) is 2. The molecule has 0 aliphatic carbocycles. The highest BCUT2D eigenvalue weighted by Crippen LogP contribution is 2.14. The maximum Gasteiger partial charge on any atom is 0.339 e. The number of carbonyl (C=O) groups is 2. The minimum absolute atomic E-state index is 0.105. The van der Waals surface area contributed by atoms with Crippen molar-refractivity contribution >= 4 is 12.0 Å². The lowest BCUT2D eigenvalue weighted by Gasteiger charge is -2.06. The number of urea groups is 1. The molecule has 0 radical (unpaired) electrons. The third-order valence-electron chi connectivity index (χ3n) is 2.36. The zero-order valence-electron chi connectivity index (χ0n) is 11.0. The number of carbonyl (C=O) groups excluding carboxylic acids is 1. The molecule has 3 N–H and O–H groups in total. The summed E-state index contributed by atoms with van der Waals surface area (Å²) in [6.45, 7) is 5.04. The molecule has 1 aromatic rings. The van der Waals surface area contributed by atoms with Gasteiger partial charge in [0.2, 0.25) is 0 Å². The van der Waals surface area contributed by atoms with E-state index in [0.717, 1.165) is 0 Å². The summed E-state index contributed by atoms with van der Waals surface area (Å²) in [5, 5.41) is 14.0. The van der Waals surface area contributed by atoms with Crippen molar-refractivity contribution in [3.63, 3.8) is 0 Å². The summed E-state index contributed by atoms with van der Waals surface area (Å²) in [7, 11) is 0. The highest BCUT2D eigenvalue weighted by Gasteiger charge is 2.13. The molecule has 106 valence electrons. The minimum atomic E-state index is -1.05. The molecule has 1 heterocycles. The normalized spacial score (nSPS) is 10.2. The number of hydrogen-bond donors (Lipinski definition) is 3. The van der Waals surface area contributed by atoms with Gasteiger partial charge in [-0.3, -0.25) is 0 Å². The second-order valence-corrected chi connectivity index (χ2v) is 3.79. The van der Waals surface area contributed by atoms with Crippen molar-refractivity contribution in [2.24, 2.45) is 0 Å². The van der Waals surface area contributed by atoms with Crippen LogP contribution in [0.3, 0.4) is 0 Å². The third-order valence-corrected chi connectivity index (χ3v) is 2.36. The fourth-order valence-electron chi connectivity index (χ4n) is 1.45. The number of aromatic carboxylic acids is 1. The number of amides is 2. The van der Waals surface area contributed by atoms with Crippen LogP contribution in [0.2, 0.25) is 0 Å². The molecule has 0 aliphatic heterocycles. The van der Waals surface area contributed by atoms with Gasteiger partial charge >= 0.3 is 12.0 Å². The molecule has 0 aliphatic rings. The lowest BCUT2D eigenvalue weighted by molar-refractivity contribution is 0.0695. The van der Waals surface area contributed by atoms with Gasteiger partial charge in [0.1, 0.15) is 17.1 Å². The van der Waals surface area contributed by atoms with Crippen LogP contribution in [0, 0.1) is 6.92 Å². The Morgan fingerprint density at radius 3 is 2.74 bits per heavy atom. The molecule has 1 aromatic heterocycles. The van der Waals surface area contributed by atoms with Crippen molar-refractivity contribution in [2.75, 3.05) is 19.8 Å². The first-order valence-electron chi connectivity index (χ1n) is 5.96. The molecule has 0 bridgehead atoms. The largest absolute Gasteiger partial charge is 0.478 e. The lowest BCUT2D eigenvalue weighted by atomic mass is 10.2. The summed E-state index contributed by atoms with van der Waals surface area (Å²) in [6.07, 6.45) is 0. The summed E-state index contributed by atoms with van der Waals surface area (Å²) in [5.74, 6) is -0.329. The average molecular weight is 270 g/mol. The van der Waals surface area contributed by atoms with Gasteiger partial charge in [0.05, 0.1) is 13.2 Å². The summed E-state index contributed by atoms with van der Waals surface area (Å²) in [6, 6.07) is 1.05. The zero-order chi connectivity index (χ0) is 14.3. The fourth-order valence-corrected chi connectivity index (χ4v) is 1.45. The van der Waals surface area contributed by atoms with E-state index in [2.05, 4.69) is 10.6 Å². The molecule has 0 spiro atoms. The molecule has 0 unspecified atom stereocenters. The van der Waals surface area contributed by atoms with Crippen LogP contribution in [0.25, 0.3) is 0 Å². The maximum atomic E-state index is 11.4. The Hall–Kier alpha value is -2.02. The van der Waals surface area contributed by atoms with Gasteiger partial charge in [-0.05, 0) is 19.9 Å². The average Bonchev–Trinajstić information content (AvgIpc) is 2.74. The first-order chi connectivity index (χ1) is 9.04. The molecule has 0 fully saturated rings. The molecule has 0 atom stereocenters. The highest BCUT2D eigenvalue weighted by molar-refractivity contribution is 5.88. The van der Waals surface area contributed by atoms with Crippen molar-refractivity contribution < 1.29 is 23.8 Å². The van der Waals surface area contributed by atoms with Crippen molar-refractivity contribution in [3.8, 4) is 0 Å². The van der Waals surface area contributed by atoms with Crippen molar-refractivity contribution in [1.29, 1.82) is 0 Å². The Kier molecular flexibility index (Phi) is 5.87. The van der Waals surface area contributed by atoms with Crippen molar-refractivity contribution in [3.05, 3.63) is 23.2 Å². The van der Waals surface area contributed by atoms with Gasteiger partial charge in [0.25, 0.3) is 0 Å². The molecule has 7 nitrogen and oxygen atoms in total. The van der Waals surface area contributed by atoms with Crippen LogP contribution in [0.4, 0.5) is 4.79 Å². The SMILES string of the molecule is CCOCCNC(=O)NCc1cc(C(=O)O)c(C)o1. The van der Waals surface area contributed by atoms with Gasteiger partial charge in [-0.15, -0.1) is 0 Å². The summed E-state index contributed by atoms with van der Waals surface area (Å²) in [4.78, 5) is 22.2. The van der Waals surface area contributed by atoms with Crippen LogP contribution < -0.4 is 10.6 Å². The minimum Gasteiger partial charge on any atom is -0.478 e. The van der Waals surface area contributed by atoms with Gasteiger partial charge in [0.15, 0.2) is 0 Å². The number of carboxylic acid groups (broad SMARTS) is 1. The van der Waals surface area contributed by atoms with Gasteiger partial charge in [-0.2, -0.15) is 0 Å². The van der Waals surface area contributed by atoms with Crippen molar-refractivity contribution in [1.82, 2.24) is 10.6 Å². The Morgan fingerprint density at radius 1 is 1.42 bits per heavy atom. The summed E-state index contributed by atoms with van der Waals surface area (Å²) >= 11 is 0. The third kappa shape index (κ3) is 5.01. The maximum absolute atomic E-state index is 11.4. The second kappa shape index (κ2) is 7.42. The van der Waals surface area contributed by atoms with Crippen LogP contribution in [-0.4, -0.2) is 36.9 Å². The van der Waals surface area contributed by atoms with Crippen LogP contribution in [0.5, 0.6) is 0 Å². The van der Waals surface area contributed by atoms with Gasteiger partial charge in [-0.25, -0.2) is 9.59 Å². The number of hydrogen-bond acceptors (Lipinski definition) is 4. The van der Waals surface area contributed by atoms with E-state index >= 15 is 0 Å². The second-order valence-electron chi connectivity index (χ2n) is 3.79. The molecule has 0 aromatic carbocycles. The Bertz CT molecular complexity index is 441. The number of aryl methyl sites for hydroxylation is 1. The molecular weight excluding hydrogens is 252 g/mol. The fraction of sp³-hybridized carbons (Fsp3) is 0.500. The molecule has 1 rings (SSSR count). The van der Waals surface area contributed by atoms with Gasteiger partial charge in [-0.1, -0.05) is 0 Å². The van der Waals surface area contributed by atoms with E-state index < -0.39 is 5.97 Å². The lowest BCUT2D eigenvalue weighted by Crippen LogP contribution is -2.36. The van der Waals surface area contributed by atoms with Gasteiger partial charge in [0, 0.05) is 13.2 Å². The van der Waals surface area contributed by atoms with Crippen LogP contribution >= 0.6 is 0 Å². The van der Waals surface area contributed by atoms with Crippen LogP contribution in [0.15, 0.2) is 10.5 Å². The van der Waals surface area contributed by atoms with E-state index in [1.54, 1.807) is 6.92 Å². The number of ether oxygens (including phenoxy) is 1. The summed E-state index contributed by atoms with van der Waals surface area (Å²) < 4.78 is 10.3. The molecular formula is C12H18N2O5. The monoisotopic (exact) mass is 270 g/mol. The Morgan fingerprint density at radius 2 is 2.16 bits per heavy atom. The van der Waals surface area contributed by atoms with E-state index in [0.29, 0.717) is 31.3 Å². The predicted octanol–water partition coefficient (Wildman–Crippen LogP) is 1.12. The number of rotatable bonds is 7.